The summed E-state index contributed by atoms with van der Waals surface area (Å²) in [5, 5.41) is 0. The van der Waals surface area contributed by atoms with Crippen LogP contribution in [0.3, 0.4) is 0 Å². The maximum Gasteiger partial charge on any atom is 0.377 e. The lowest BCUT2D eigenvalue weighted by Gasteiger charge is -2.62. The summed E-state index contributed by atoms with van der Waals surface area (Å²) in [6, 6.07) is 41.4. The summed E-state index contributed by atoms with van der Waals surface area (Å²) >= 11 is 0. The Bertz CT molecular complexity index is 3390. The molecule has 14 unspecified atom stereocenters. The van der Waals surface area contributed by atoms with E-state index in [0.29, 0.717) is 63.3 Å². The molecule has 0 N–H and O–H groups in total. The number of halogens is 4. The summed E-state index contributed by atoms with van der Waals surface area (Å²) in [5.41, 5.74) is -0.191. The normalized spacial score (nSPS) is 37.6. The highest BCUT2D eigenvalue weighted by Crippen LogP contribution is 2.68. The number of alkyl halides is 4. The maximum absolute atomic E-state index is 13.5. The molecule has 0 amide bonds. The van der Waals surface area contributed by atoms with Crippen LogP contribution >= 0.6 is 0 Å². The zero-order chi connectivity index (χ0) is 69.8. The first-order valence-electron chi connectivity index (χ1n) is 34.3. The lowest BCUT2D eigenvalue weighted by molar-refractivity contribution is -0.343. The van der Waals surface area contributed by atoms with E-state index in [2.05, 4.69) is 136 Å². The molecule has 4 aromatic carbocycles. The molecule has 7 heterocycles. The highest BCUT2D eigenvalue weighted by Gasteiger charge is 2.76. The summed E-state index contributed by atoms with van der Waals surface area (Å²) in [6.45, 7) is 12.1. The fourth-order valence-electron chi connectivity index (χ4n) is 17.9. The third-order valence-electron chi connectivity index (χ3n) is 21.6. The minimum atomic E-state index is -3.55. The van der Waals surface area contributed by atoms with E-state index in [4.69, 9.17) is 61.6 Å². The highest BCUT2D eigenvalue weighted by atomic mass is 32.2. The highest BCUT2D eigenvalue weighted by molar-refractivity contribution is 7.97. The molecular formula is C74H84F4O19S2+2. The van der Waals surface area contributed by atoms with Gasteiger partial charge in [0.15, 0.2) is 68.2 Å². The van der Waals surface area contributed by atoms with E-state index in [1.54, 1.807) is 0 Å². The third-order valence-corrected chi connectivity index (χ3v) is 26.1. The average molecular weight is 1420 g/mol. The van der Waals surface area contributed by atoms with E-state index in [0.717, 1.165) is 38.9 Å². The molecule has 15 aliphatic rings. The number of carbonyl (C=O) groups excluding carboxylic acids is 6. The Morgan fingerprint density at radius 2 is 0.848 bits per heavy atom. The number of hydrogen-bond donors (Lipinski definition) is 0. The molecule has 14 atom stereocenters. The molecule has 2 spiro atoms. The molecular weight excluding hydrogens is 1330 g/mol. The number of rotatable bonds is 10. The minimum absolute atomic E-state index is 0.0146. The van der Waals surface area contributed by atoms with Crippen molar-refractivity contribution in [1.29, 1.82) is 0 Å². The zero-order valence-electron chi connectivity index (χ0n) is 56.2. The Balaban J connectivity index is 0.000000117. The van der Waals surface area contributed by atoms with Crippen LogP contribution in [-0.4, -0.2) is 157 Å². The van der Waals surface area contributed by atoms with Crippen molar-refractivity contribution in [2.45, 2.75) is 234 Å². The van der Waals surface area contributed by atoms with E-state index >= 15 is 0 Å². The van der Waals surface area contributed by atoms with Crippen molar-refractivity contribution < 1.29 is 108 Å². The molecule has 8 aliphatic carbocycles. The second kappa shape index (κ2) is 26.6. The molecule has 7 saturated heterocycles. The van der Waals surface area contributed by atoms with Crippen LogP contribution in [0.2, 0.25) is 0 Å². The standard InChI is InChI=1S/2C21H24F2O9.C18H15S.C14H21OS/c2*1-8(24)27-14-12-13(28-16(14)25)15-17(29-12)31-21(30-15)10-3-9-4-11(21)7-20(5-9,6-10)32-18(26)19(2,22)23;1-4-10-16(11-5-1)19(17-12-6-2-7-13-17)18-14-8-3-9-15-18;1-14(2,3)12-4-6-13(7-5-12)16-10-8-15-9-11-16/h2*9-15,17H,3-7H2,1-2H3;1-15H;4-7H,8-11H2,1-3H3/q;;2*+1. The predicted molar refractivity (Wildman–Crippen MR) is 344 cm³/mol. The largest absolute Gasteiger partial charge is 0.455 e. The Hall–Kier alpha value is -6.16. The molecule has 25 heteroatoms. The van der Waals surface area contributed by atoms with Crippen molar-refractivity contribution in [2.75, 3.05) is 24.7 Å². The van der Waals surface area contributed by atoms with E-state index in [9.17, 15) is 46.3 Å². The number of benzene rings is 4. The third kappa shape index (κ3) is 13.6. The molecule has 8 bridgehead atoms. The monoisotopic (exact) mass is 1420 g/mol. The predicted octanol–water partition coefficient (Wildman–Crippen LogP) is 10.7. The molecule has 532 valence electrons. The van der Waals surface area contributed by atoms with Gasteiger partial charge in [0.1, 0.15) is 34.9 Å². The fraction of sp³-hybridized carbons (Fsp3) is 0.595. The van der Waals surface area contributed by atoms with E-state index in [1.807, 2.05) is 0 Å². The topological polar surface area (TPSA) is 222 Å². The second-order valence-electron chi connectivity index (χ2n) is 29.8. The van der Waals surface area contributed by atoms with Crippen LogP contribution in [-0.2, 0) is 118 Å². The molecule has 0 radical (unpaired) electrons. The van der Waals surface area contributed by atoms with Gasteiger partial charge < -0.3 is 61.6 Å². The molecule has 19 rings (SSSR count). The molecule has 4 aromatic rings. The molecule has 99 heavy (non-hydrogen) atoms. The van der Waals surface area contributed by atoms with Crippen molar-refractivity contribution in [3.63, 3.8) is 0 Å². The van der Waals surface area contributed by atoms with Gasteiger partial charge in [0, 0.05) is 62.3 Å². The Labute approximate surface area is 577 Å². The molecule has 15 fully saturated rings. The number of hydrogen-bond acceptors (Lipinski definition) is 19. The fourth-order valence-corrected chi connectivity index (χ4v) is 21.8. The lowest BCUT2D eigenvalue weighted by Crippen LogP contribution is -2.66. The van der Waals surface area contributed by atoms with Crippen molar-refractivity contribution in [3.8, 4) is 0 Å². The summed E-state index contributed by atoms with van der Waals surface area (Å²) in [4.78, 5) is 76.5. The van der Waals surface area contributed by atoms with Gasteiger partial charge in [-0.05, 0) is 136 Å². The smallest absolute Gasteiger partial charge is 0.377 e. The van der Waals surface area contributed by atoms with Crippen LogP contribution < -0.4 is 0 Å². The minimum Gasteiger partial charge on any atom is -0.455 e. The van der Waals surface area contributed by atoms with E-state index < -0.39 is 132 Å². The van der Waals surface area contributed by atoms with Crippen LogP contribution in [0.5, 0.6) is 0 Å². The van der Waals surface area contributed by atoms with Gasteiger partial charge in [-0.25, -0.2) is 19.2 Å². The molecule has 0 aromatic heterocycles. The van der Waals surface area contributed by atoms with Crippen molar-refractivity contribution in [1.82, 2.24) is 0 Å². The van der Waals surface area contributed by atoms with Crippen molar-refractivity contribution in [2.24, 2.45) is 35.5 Å². The van der Waals surface area contributed by atoms with Gasteiger partial charge in [-0.1, -0.05) is 87.5 Å². The lowest BCUT2D eigenvalue weighted by atomic mass is 9.51. The summed E-state index contributed by atoms with van der Waals surface area (Å²) < 4.78 is 128. The molecule has 8 saturated carbocycles. The van der Waals surface area contributed by atoms with Gasteiger partial charge in [0.2, 0.25) is 12.2 Å². The number of ether oxygens (including phenoxy) is 13. The average Bonchev–Trinajstić information content (AvgIpc) is 1.14. The van der Waals surface area contributed by atoms with Crippen LogP contribution in [0.1, 0.15) is 118 Å². The first kappa shape index (κ1) is 69.9. The number of fused-ring (bicyclic) bond motifs is 6. The molecule has 19 nitrogen and oxygen atoms in total. The first-order valence-corrected chi connectivity index (χ1v) is 37.1. The summed E-state index contributed by atoms with van der Waals surface area (Å²) in [5.74, 6) is -12.5. The number of esters is 6. The van der Waals surface area contributed by atoms with E-state index in [1.165, 1.54) is 50.5 Å². The summed E-state index contributed by atoms with van der Waals surface area (Å²) in [7, 11) is 0.417. The van der Waals surface area contributed by atoms with Gasteiger partial charge in [-0.3, -0.25) is 9.59 Å². The quantitative estimate of drug-likeness (QED) is 0.0623. The molecule has 7 aliphatic heterocycles. The maximum atomic E-state index is 13.5. The Morgan fingerprint density at radius 3 is 1.18 bits per heavy atom. The summed E-state index contributed by atoms with van der Waals surface area (Å²) in [6.07, 6.45) is -2.78. The number of carbonyl (C=O) groups is 6. The van der Waals surface area contributed by atoms with Gasteiger partial charge >= 0.3 is 47.7 Å². The van der Waals surface area contributed by atoms with Crippen molar-refractivity contribution in [3.05, 3.63) is 121 Å². The zero-order valence-corrected chi connectivity index (χ0v) is 57.8. The Kier molecular flexibility index (Phi) is 18.8. The first-order chi connectivity index (χ1) is 47.0. The van der Waals surface area contributed by atoms with Crippen LogP contribution in [0, 0.1) is 35.5 Å². The SMILES string of the molecule is CC(=O)OC1C(=O)OC2C3OC4(OC3OC12)C1CC2CC4CC(OC(=O)C(C)(F)F)(C2)C1.CC(=O)OC1C(=O)OC2C3OC4(OC3OC12)C1CC2CC4CC(OC(=O)C(C)(F)F)(C2)C1.CC(C)(C)c1ccc([S+]2CCOCC2)cc1.c1ccc([S+](c2ccccc2)c2ccccc2)cc1. The Morgan fingerprint density at radius 1 is 0.485 bits per heavy atom. The second-order valence-corrected chi connectivity index (χ2v) is 34.1. The van der Waals surface area contributed by atoms with Crippen molar-refractivity contribution >= 4 is 57.6 Å². The van der Waals surface area contributed by atoms with Gasteiger partial charge in [0.25, 0.3) is 0 Å². The van der Waals surface area contributed by atoms with Crippen LogP contribution in [0.15, 0.2) is 135 Å². The van der Waals surface area contributed by atoms with Crippen LogP contribution in [0.25, 0.3) is 0 Å². The van der Waals surface area contributed by atoms with E-state index in [-0.39, 0.29) is 51.8 Å². The van der Waals surface area contributed by atoms with Crippen LogP contribution in [0.4, 0.5) is 17.6 Å². The van der Waals surface area contributed by atoms with Gasteiger partial charge in [0.05, 0.1) is 24.1 Å². The van der Waals surface area contributed by atoms with Gasteiger partial charge in [-0.2, -0.15) is 17.6 Å². The van der Waals surface area contributed by atoms with Gasteiger partial charge in [-0.15, -0.1) is 0 Å².